The predicted molar refractivity (Wildman–Crippen MR) is 152 cm³/mol. The van der Waals surface area contributed by atoms with E-state index in [9.17, 15) is 4.79 Å². The van der Waals surface area contributed by atoms with E-state index < -0.39 is 0 Å². The number of nitrogens with zero attached hydrogens (tertiary/aromatic N) is 6. The second-order valence-corrected chi connectivity index (χ2v) is 11.0. The second kappa shape index (κ2) is 9.67. The van der Waals surface area contributed by atoms with E-state index in [-0.39, 0.29) is 11.0 Å². The predicted octanol–water partition coefficient (Wildman–Crippen LogP) is 4.70. The Morgan fingerprint density at radius 3 is 2.32 bits per heavy atom. The molecule has 8 nitrogen and oxygen atoms in total. The smallest absolute Gasteiger partial charge is 0.278 e. The standard InChI is InChI=1S/C29H37N7O/c1-7-35-27(37)24-19-30-28(32-26(24)36(35)23-11-8-21(9-12-23)29(3,4)5)31-22-10-13-25(20(2)18-22)34-16-14-33(6)15-17-34/h8-13,18-19H,7,14-17H2,1-6H3,(H,30,31,32). The minimum Gasteiger partial charge on any atom is -0.369 e. The number of rotatable bonds is 5. The quantitative estimate of drug-likeness (QED) is 0.429. The van der Waals surface area contributed by atoms with Gasteiger partial charge in [0.25, 0.3) is 5.56 Å². The van der Waals surface area contributed by atoms with E-state index in [4.69, 9.17) is 4.98 Å². The number of likely N-dealkylation sites (N-methyl/N-ethyl adjacent to an activating group) is 1. The first kappa shape index (κ1) is 25.0. The molecule has 1 N–H and O–H groups in total. The lowest BCUT2D eigenvalue weighted by Crippen LogP contribution is -2.44. The third-order valence-corrected chi connectivity index (χ3v) is 7.25. The van der Waals surface area contributed by atoms with Gasteiger partial charge in [-0.25, -0.2) is 14.3 Å². The number of hydrogen-bond donors (Lipinski definition) is 1. The molecule has 5 rings (SSSR count). The van der Waals surface area contributed by atoms with Crippen molar-refractivity contribution >= 4 is 28.4 Å². The van der Waals surface area contributed by atoms with Gasteiger partial charge in [0, 0.05) is 50.3 Å². The van der Waals surface area contributed by atoms with Gasteiger partial charge in [-0.1, -0.05) is 32.9 Å². The summed E-state index contributed by atoms with van der Waals surface area (Å²) in [5.74, 6) is 0.465. The molecule has 3 heterocycles. The Balaban J connectivity index is 1.48. The lowest BCUT2D eigenvalue weighted by Gasteiger charge is -2.35. The van der Waals surface area contributed by atoms with Gasteiger partial charge in [-0.05, 0) is 67.8 Å². The van der Waals surface area contributed by atoms with Gasteiger partial charge < -0.3 is 15.1 Å². The van der Waals surface area contributed by atoms with Crippen LogP contribution in [0.25, 0.3) is 16.7 Å². The number of fused-ring (bicyclic) bond motifs is 1. The number of piperazine rings is 1. The Morgan fingerprint density at radius 1 is 1.00 bits per heavy atom. The zero-order valence-electron chi connectivity index (χ0n) is 22.7. The molecule has 0 atom stereocenters. The Labute approximate surface area is 218 Å². The van der Waals surface area contributed by atoms with Gasteiger partial charge in [0.15, 0.2) is 5.65 Å². The third-order valence-electron chi connectivity index (χ3n) is 7.25. The second-order valence-electron chi connectivity index (χ2n) is 11.0. The van der Waals surface area contributed by atoms with Crippen LogP contribution in [0.5, 0.6) is 0 Å². The highest BCUT2D eigenvalue weighted by Gasteiger charge is 2.19. The zero-order valence-corrected chi connectivity index (χ0v) is 22.7. The van der Waals surface area contributed by atoms with E-state index >= 15 is 0 Å². The summed E-state index contributed by atoms with van der Waals surface area (Å²) < 4.78 is 3.61. The molecule has 0 aliphatic carbocycles. The summed E-state index contributed by atoms with van der Waals surface area (Å²) in [5, 5.41) is 3.86. The number of anilines is 3. The van der Waals surface area contributed by atoms with E-state index in [2.05, 4.69) is 97.3 Å². The van der Waals surface area contributed by atoms with Crippen molar-refractivity contribution in [3.8, 4) is 5.69 Å². The van der Waals surface area contributed by atoms with Crippen LogP contribution in [0, 0.1) is 6.92 Å². The summed E-state index contributed by atoms with van der Waals surface area (Å²) in [6.45, 7) is 15.4. The summed E-state index contributed by atoms with van der Waals surface area (Å²) >= 11 is 0. The number of nitrogens with one attached hydrogen (secondary N) is 1. The molecule has 2 aromatic heterocycles. The summed E-state index contributed by atoms with van der Waals surface area (Å²) in [6, 6.07) is 14.7. The number of aryl methyl sites for hydroxylation is 1. The van der Waals surface area contributed by atoms with Gasteiger partial charge in [0.05, 0.1) is 5.69 Å². The Bertz CT molecular complexity index is 1470. The van der Waals surface area contributed by atoms with Crippen molar-refractivity contribution in [1.29, 1.82) is 0 Å². The molecule has 0 spiro atoms. The van der Waals surface area contributed by atoms with Gasteiger partial charge in [-0.3, -0.25) is 4.79 Å². The van der Waals surface area contributed by atoms with Gasteiger partial charge >= 0.3 is 0 Å². The van der Waals surface area contributed by atoms with Gasteiger partial charge in [0.2, 0.25) is 5.95 Å². The van der Waals surface area contributed by atoms with Crippen molar-refractivity contribution in [3.05, 3.63) is 70.1 Å². The third kappa shape index (κ3) is 4.85. The number of aromatic nitrogens is 4. The van der Waals surface area contributed by atoms with Crippen LogP contribution in [-0.2, 0) is 12.0 Å². The van der Waals surface area contributed by atoms with Crippen LogP contribution in [0.3, 0.4) is 0 Å². The number of benzene rings is 2. The molecule has 1 aliphatic heterocycles. The van der Waals surface area contributed by atoms with Crippen LogP contribution in [0.15, 0.2) is 53.5 Å². The first-order valence-corrected chi connectivity index (χ1v) is 13.1. The fourth-order valence-corrected chi connectivity index (χ4v) is 5.00. The molecule has 194 valence electrons. The Kier molecular flexibility index (Phi) is 6.54. The van der Waals surface area contributed by atoms with E-state index in [1.807, 2.05) is 11.6 Å². The van der Waals surface area contributed by atoms with Gasteiger partial charge in [-0.2, -0.15) is 4.98 Å². The Morgan fingerprint density at radius 2 is 1.70 bits per heavy atom. The van der Waals surface area contributed by atoms with Crippen LogP contribution in [0.4, 0.5) is 17.3 Å². The molecular formula is C29H37N7O. The molecule has 4 aromatic rings. The largest absolute Gasteiger partial charge is 0.369 e. The average Bonchev–Trinajstić information content (AvgIpc) is 3.15. The van der Waals surface area contributed by atoms with Crippen molar-refractivity contribution in [3.63, 3.8) is 0 Å². The van der Waals surface area contributed by atoms with Gasteiger partial charge in [-0.15, -0.1) is 0 Å². The summed E-state index contributed by atoms with van der Waals surface area (Å²) in [5.41, 5.74) is 6.11. The van der Waals surface area contributed by atoms with E-state index in [0.717, 1.165) is 37.6 Å². The first-order valence-electron chi connectivity index (χ1n) is 13.1. The lowest BCUT2D eigenvalue weighted by molar-refractivity contribution is 0.312. The van der Waals surface area contributed by atoms with E-state index in [1.165, 1.54) is 16.8 Å². The van der Waals surface area contributed by atoms with Gasteiger partial charge in [0.1, 0.15) is 5.39 Å². The molecule has 0 saturated carbocycles. The van der Waals surface area contributed by atoms with E-state index in [0.29, 0.717) is 23.5 Å². The summed E-state index contributed by atoms with van der Waals surface area (Å²) in [4.78, 5) is 27.2. The van der Waals surface area contributed by atoms with Crippen LogP contribution in [0.2, 0.25) is 0 Å². The summed E-state index contributed by atoms with van der Waals surface area (Å²) in [7, 11) is 2.17. The summed E-state index contributed by atoms with van der Waals surface area (Å²) in [6.07, 6.45) is 1.63. The molecule has 8 heteroatoms. The average molecular weight is 500 g/mol. The maximum absolute atomic E-state index is 13.1. The van der Waals surface area contributed by atoms with Crippen LogP contribution in [0.1, 0.15) is 38.8 Å². The van der Waals surface area contributed by atoms with Crippen molar-refractivity contribution < 1.29 is 0 Å². The molecule has 1 fully saturated rings. The molecule has 1 saturated heterocycles. The zero-order chi connectivity index (χ0) is 26.3. The fourth-order valence-electron chi connectivity index (χ4n) is 5.00. The topological polar surface area (TPSA) is 71.2 Å². The fraction of sp³-hybridized carbons (Fsp3) is 0.414. The SMILES string of the molecule is CCn1c(=O)c2cnc(Nc3ccc(N4CCN(C)CC4)c(C)c3)nc2n1-c1ccc(C(C)(C)C)cc1. The molecule has 0 radical (unpaired) electrons. The van der Waals surface area contributed by atoms with E-state index in [1.54, 1.807) is 10.9 Å². The highest BCUT2D eigenvalue weighted by atomic mass is 16.1. The Hall–Kier alpha value is -3.65. The lowest BCUT2D eigenvalue weighted by atomic mass is 9.87. The highest BCUT2D eigenvalue weighted by Crippen LogP contribution is 2.27. The molecular weight excluding hydrogens is 462 g/mol. The molecule has 0 bridgehead atoms. The van der Waals surface area contributed by atoms with Crippen LogP contribution in [-0.4, -0.2) is 57.5 Å². The molecule has 1 aliphatic rings. The first-order chi connectivity index (χ1) is 17.7. The van der Waals surface area contributed by atoms with Crippen LogP contribution < -0.4 is 15.8 Å². The minimum atomic E-state index is -0.0867. The monoisotopic (exact) mass is 499 g/mol. The number of hydrogen-bond acceptors (Lipinski definition) is 6. The molecule has 0 unspecified atom stereocenters. The van der Waals surface area contributed by atoms with Crippen LogP contribution >= 0.6 is 0 Å². The van der Waals surface area contributed by atoms with Crippen molar-refractivity contribution in [2.75, 3.05) is 43.4 Å². The van der Waals surface area contributed by atoms with Crippen molar-refractivity contribution in [2.24, 2.45) is 0 Å². The molecule has 0 amide bonds. The minimum absolute atomic E-state index is 0.0546. The highest BCUT2D eigenvalue weighted by molar-refractivity contribution is 5.77. The van der Waals surface area contributed by atoms with Crippen molar-refractivity contribution in [2.45, 2.75) is 46.6 Å². The maximum Gasteiger partial charge on any atom is 0.278 e. The van der Waals surface area contributed by atoms with Crippen molar-refractivity contribution in [1.82, 2.24) is 24.2 Å². The maximum atomic E-state index is 13.1. The normalized spacial score (nSPS) is 14.9. The molecule has 37 heavy (non-hydrogen) atoms. The molecule has 2 aromatic carbocycles.